The highest BCUT2D eigenvalue weighted by molar-refractivity contribution is 6.39. The maximum atomic E-state index is 12.1. The Morgan fingerprint density at radius 1 is 0.771 bits per heavy atom. The quantitative estimate of drug-likeness (QED) is 0.248. The van der Waals surface area contributed by atoms with E-state index in [9.17, 15) is 14.4 Å². The summed E-state index contributed by atoms with van der Waals surface area (Å²) in [6.07, 6.45) is 1.37. The summed E-state index contributed by atoms with van der Waals surface area (Å²) in [6, 6.07) is 20.3. The highest BCUT2D eigenvalue weighted by Crippen LogP contribution is 2.17. The number of methoxy groups -OCH3 is 2. The predicted octanol–water partition coefficient (Wildman–Crippen LogP) is 2.81. The first kappa shape index (κ1) is 24.8. The Morgan fingerprint density at radius 3 is 1.97 bits per heavy atom. The van der Waals surface area contributed by atoms with Crippen LogP contribution >= 0.6 is 0 Å². The number of hydrazone groups is 1. The van der Waals surface area contributed by atoms with Crippen LogP contribution in [0.2, 0.25) is 0 Å². The Balaban J connectivity index is 1.43. The van der Waals surface area contributed by atoms with Crippen molar-refractivity contribution in [3.05, 3.63) is 78.4 Å². The number of hydrogen-bond donors (Lipinski definition) is 3. The smallest absolute Gasteiger partial charge is 0.329 e. The van der Waals surface area contributed by atoms with Crippen molar-refractivity contribution in [3.8, 4) is 17.2 Å². The van der Waals surface area contributed by atoms with Crippen molar-refractivity contribution in [3.63, 3.8) is 0 Å². The number of hydrogen-bond acceptors (Lipinski definition) is 7. The van der Waals surface area contributed by atoms with Crippen LogP contribution in [0.4, 0.5) is 11.4 Å². The molecule has 0 spiro atoms. The van der Waals surface area contributed by atoms with Gasteiger partial charge < -0.3 is 24.8 Å². The van der Waals surface area contributed by atoms with Gasteiger partial charge in [0.25, 0.3) is 5.91 Å². The van der Waals surface area contributed by atoms with Crippen LogP contribution in [-0.2, 0) is 14.4 Å². The van der Waals surface area contributed by atoms with Crippen molar-refractivity contribution in [1.29, 1.82) is 0 Å². The first-order valence-electron chi connectivity index (χ1n) is 10.4. The van der Waals surface area contributed by atoms with Crippen LogP contribution in [0.15, 0.2) is 77.9 Å². The second-order valence-corrected chi connectivity index (χ2v) is 7.02. The molecule has 0 saturated carbocycles. The number of ether oxygens (including phenoxy) is 3. The fourth-order valence-electron chi connectivity index (χ4n) is 2.80. The number of carbonyl (C=O) groups excluding carboxylic acids is 3. The third-order valence-electron chi connectivity index (χ3n) is 4.52. The Morgan fingerprint density at radius 2 is 1.37 bits per heavy atom. The molecule has 3 amide bonds. The van der Waals surface area contributed by atoms with Crippen molar-refractivity contribution in [2.75, 3.05) is 31.5 Å². The normalized spacial score (nSPS) is 10.3. The van der Waals surface area contributed by atoms with Crippen LogP contribution in [0.1, 0.15) is 5.56 Å². The van der Waals surface area contributed by atoms with E-state index in [4.69, 9.17) is 14.2 Å². The number of benzene rings is 3. The van der Waals surface area contributed by atoms with Crippen molar-refractivity contribution in [2.45, 2.75) is 0 Å². The molecule has 0 saturated heterocycles. The molecule has 0 bridgehead atoms. The number of rotatable bonds is 9. The monoisotopic (exact) mass is 476 g/mol. The van der Waals surface area contributed by atoms with Gasteiger partial charge in [0.05, 0.1) is 20.4 Å². The number of carbonyl (C=O) groups is 3. The molecule has 0 unspecified atom stereocenters. The van der Waals surface area contributed by atoms with Crippen LogP contribution in [0.3, 0.4) is 0 Å². The van der Waals surface area contributed by atoms with Gasteiger partial charge in [-0.1, -0.05) is 12.1 Å². The Hall–Kier alpha value is -4.86. The highest BCUT2D eigenvalue weighted by atomic mass is 16.5. The third kappa shape index (κ3) is 7.90. The van der Waals surface area contributed by atoms with Gasteiger partial charge in [-0.15, -0.1) is 0 Å². The van der Waals surface area contributed by atoms with Crippen LogP contribution in [0.5, 0.6) is 17.2 Å². The van der Waals surface area contributed by atoms with Crippen LogP contribution in [0.25, 0.3) is 0 Å². The van der Waals surface area contributed by atoms with E-state index in [1.807, 2.05) is 0 Å². The van der Waals surface area contributed by atoms with Gasteiger partial charge >= 0.3 is 11.8 Å². The number of amides is 3. The summed E-state index contributed by atoms with van der Waals surface area (Å²) >= 11 is 0. The number of anilines is 2. The summed E-state index contributed by atoms with van der Waals surface area (Å²) in [5, 5.41) is 8.96. The largest absolute Gasteiger partial charge is 0.497 e. The number of nitrogens with zero attached hydrogens (tertiary/aromatic N) is 1. The van der Waals surface area contributed by atoms with E-state index in [0.29, 0.717) is 34.2 Å². The fourth-order valence-corrected chi connectivity index (χ4v) is 2.80. The maximum absolute atomic E-state index is 12.1. The molecule has 3 aromatic rings. The molecule has 0 atom stereocenters. The lowest BCUT2D eigenvalue weighted by atomic mass is 10.2. The topological polar surface area (TPSA) is 127 Å². The lowest BCUT2D eigenvalue weighted by Gasteiger charge is -2.08. The molecule has 0 heterocycles. The molecule has 0 fully saturated rings. The van der Waals surface area contributed by atoms with E-state index in [-0.39, 0.29) is 12.5 Å². The summed E-state index contributed by atoms with van der Waals surface area (Å²) in [4.78, 5) is 36.0. The third-order valence-corrected chi connectivity index (χ3v) is 4.52. The van der Waals surface area contributed by atoms with E-state index in [2.05, 4.69) is 21.2 Å². The van der Waals surface area contributed by atoms with Gasteiger partial charge in [-0.3, -0.25) is 14.4 Å². The van der Waals surface area contributed by atoms with Gasteiger partial charge in [-0.25, -0.2) is 5.43 Å². The van der Waals surface area contributed by atoms with Crippen molar-refractivity contribution < 1.29 is 28.6 Å². The zero-order chi connectivity index (χ0) is 25.0. The average molecular weight is 476 g/mol. The van der Waals surface area contributed by atoms with E-state index < -0.39 is 11.8 Å². The molecule has 0 aliphatic rings. The Bertz CT molecular complexity index is 1210. The molecule has 10 nitrogen and oxygen atoms in total. The first-order chi connectivity index (χ1) is 17.0. The first-order valence-corrected chi connectivity index (χ1v) is 10.4. The molecule has 10 heteroatoms. The maximum Gasteiger partial charge on any atom is 0.329 e. The van der Waals surface area contributed by atoms with Crippen LogP contribution in [0, 0.1) is 0 Å². The molecule has 3 N–H and O–H groups in total. The second-order valence-electron chi connectivity index (χ2n) is 7.02. The van der Waals surface area contributed by atoms with Crippen molar-refractivity contribution in [2.24, 2.45) is 5.10 Å². The fraction of sp³-hybridized carbons (Fsp3) is 0.120. The van der Waals surface area contributed by atoms with Crippen LogP contribution in [-0.4, -0.2) is 44.8 Å². The minimum Gasteiger partial charge on any atom is -0.497 e. The molecular formula is C25H24N4O6. The van der Waals surface area contributed by atoms with Gasteiger partial charge in [-0.05, 0) is 54.1 Å². The summed E-state index contributed by atoms with van der Waals surface area (Å²) in [6.45, 7) is -0.177. The Kier molecular flexibility index (Phi) is 8.78. The molecule has 0 aliphatic carbocycles. The number of nitrogens with one attached hydrogen (secondary N) is 3. The molecule has 3 aromatic carbocycles. The van der Waals surface area contributed by atoms with Crippen molar-refractivity contribution >= 4 is 35.3 Å². The van der Waals surface area contributed by atoms with E-state index in [0.717, 1.165) is 0 Å². The standard InChI is InChI=1S/C25H24N4O6/c1-33-21-7-3-5-18(13-21)27-23(30)16-35-20-11-9-17(10-12-20)15-26-29-25(32)24(31)28-19-6-4-8-22(14-19)34-2/h3-15H,16H2,1-2H3,(H,27,30)(H,28,31)(H,29,32)/b26-15+. The van der Waals surface area contributed by atoms with E-state index in [1.165, 1.54) is 13.3 Å². The predicted molar refractivity (Wildman–Crippen MR) is 131 cm³/mol. The van der Waals surface area contributed by atoms with Gasteiger partial charge in [0.1, 0.15) is 17.2 Å². The van der Waals surface area contributed by atoms with E-state index in [1.54, 1.807) is 79.9 Å². The molecular weight excluding hydrogens is 452 g/mol. The summed E-state index contributed by atoms with van der Waals surface area (Å²) in [5.74, 6) is -0.457. The zero-order valence-corrected chi connectivity index (χ0v) is 19.1. The van der Waals surface area contributed by atoms with Crippen LogP contribution < -0.4 is 30.3 Å². The summed E-state index contributed by atoms with van der Waals surface area (Å²) in [7, 11) is 3.05. The molecule has 35 heavy (non-hydrogen) atoms. The summed E-state index contributed by atoms with van der Waals surface area (Å²) in [5.41, 5.74) is 3.82. The van der Waals surface area contributed by atoms with Gasteiger partial charge in [-0.2, -0.15) is 5.10 Å². The Labute approximate surface area is 201 Å². The molecule has 180 valence electrons. The molecule has 0 radical (unpaired) electrons. The lowest BCUT2D eigenvalue weighted by molar-refractivity contribution is -0.136. The highest BCUT2D eigenvalue weighted by Gasteiger charge is 2.13. The minimum absolute atomic E-state index is 0.177. The lowest BCUT2D eigenvalue weighted by Crippen LogP contribution is -2.32. The SMILES string of the molecule is COc1cccc(NC(=O)COc2ccc(/C=N/NC(=O)C(=O)Nc3cccc(OC)c3)cc2)c1. The average Bonchev–Trinajstić information content (AvgIpc) is 2.88. The molecule has 0 aliphatic heterocycles. The summed E-state index contributed by atoms with van der Waals surface area (Å²) < 4.78 is 15.7. The molecule has 3 rings (SSSR count). The zero-order valence-electron chi connectivity index (χ0n) is 19.1. The minimum atomic E-state index is -0.925. The second kappa shape index (κ2) is 12.4. The molecule has 0 aromatic heterocycles. The van der Waals surface area contributed by atoms with Gasteiger partial charge in [0, 0.05) is 23.5 Å². The van der Waals surface area contributed by atoms with Gasteiger partial charge in [0.2, 0.25) is 0 Å². The van der Waals surface area contributed by atoms with Gasteiger partial charge in [0.15, 0.2) is 6.61 Å². The van der Waals surface area contributed by atoms with Crippen molar-refractivity contribution in [1.82, 2.24) is 5.43 Å². The van der Waals surface area contributed by atoms with E-state index >= 15 is 0 Å².